The van der Waals surface area contributed by atoms with E-state index in [1.165, 1.54) is 35.3 Å². The van der Waals surface area contributed by atoms with Crippen LogP contribution in [0.5, 0.6) is 0 Å². The maximum Gasteiger partial charge on any atom is 0.293 e. The molecular formula is C15H24BrNO2S. The first kappa shape index (κ1) is 17.7. The summed E-state index contributed by atoms with van der Waals surface area (Å²) in [6.45, 7) is 10.5. The van der Waals surface area contributed by atoms with Gasteiger partial charge in [-0.25, -0.2) is 0 Å². The van der Waals surface area contributed by atoms with Crippen molar-refractivity contribution in [1.29, 1.82) is 0 Å². The van der Waals surface area contributed by atoms with Crippen molar-refractivity contribution < 1.29 is 9.53 Å². The lowest BCUT2D eigenvalue weighted by Gasteiger charge is -2.22. The smallest absolute Gasteiger partial charge is 0.293 e. The molecule has 1 aliphatic rings. The molecule has 0 aromatic carbocycles. The third kappa shape index (κ3) is 6.37. The summed E-state index contributed by atoms with van der Waals surface area (Å²) in [5.41, 5.74) is 1.14. The third-order valence-electron chi connectivity index (χ3n) is 3.04. The molecule has 0 saturated carbocycles. The van der Waals surface area contributed by atoms with E-state index in [4.69, 9.17) is 0 Å². The van der Waals surface area contributed by atoms with Crippen LogP contribution in [0.15, 0.2) is 9.85 Å². The molecule has 1 saturated heterocycles. The summed E-state index contributed by atoms with van der Waals surface area (Å²) in [4.78, 5) is 11.2. The number of aryl methyl sites for hydroxylation is 1. The van der Waals surface area contributed by atoms with Crippen molar-refractivity contribution in [2.75, 3.05) is 13.1 Å². The second-order valence-corrected chi connectivity index (χ2v) is 8.41. The number of nitrogens with one attached hydrogen (secondary N) is 1. The highest BCUT2D eigenvalue weighted by molar-refractivity contribution is 9.11. The van der Waals surface area contributed by atoms with Crippen molar-refractivity contribution in [3.05, 3.63) is 20.3 Å². The lowest BCUT2D eigenvalue weighted by molar-refractivity contribution is -0.138. The molecule has 1 aromatic heterocycles. The lowest BCUT2D eigenvalue weighted by Crippen LogP contribution is -2.26. The minimum absolute atomic E-state index is 0.318. The van der Waals surface area contributed by atoms with E-state index in [9.17, 15) is 4.79 Å². The molecule has 0 aliphatic carbocycles. The summed E-state index contributed by atoms with van der Waals surface area (Å²) in [6.07, 6.45) is 2.60. The van der Waals surface area contributed by atoms with Gasteiger partial charge in [-0.3, -0.25) is 4.79 Å². The number of thiophene rings is 1. The van der Waals surface area contributed by atoms with Gasteiger partial charge in [-0.05, 0) is 87.1 Å². The van der Waals surface area contributed by atoms with Gasteiger partial charge in [0, 0.05) is 4.88 Å². The van der Waals surface area contributed by atoms with Crippen molar-refractivity contribution in [2.24, 2.45) is 0 Å². The second-order valence-electron chi connectivity index (χ2n) is 5.95. The van der Waals surface area contributed by atoms with Crippen molar-refractivity contribution in [3.63, 3.8) is 0 Å². The van der Waals surface area contributed by atoms with Crippen molar-refractivity contribution in [3.8, 4) is 0 Å². The van der Waals surface area contributed by atoms with Crippen LogP contribution in [0.2, 0.25) is 0 Å². The van der Waals surface area contributed by atoms with Gasteiger partial charge in [0.25, 0.3) is 6.47 Å². The quantitative estimate of drug-likeness (QED) is 0.800. The molecule has 3 nitrogen and oxygen atoms in total. The number of piperidine rings is 1. The largest absolute Gasteiger partial charge is 0.462 e. The molecule has 1 N–H and O–H groups in total. The second kappa shape index (κ2) is 8.15. The van der Waals surface area contributed by atoms with Crippen LogP contribution in [0.25, 0.3) is 0 Å². The fourth-order valence-electron chi connectivity index (χ4n) is 2.09. The van der Waals surface area contributed by atoms with E-state index < -0.39 is 0 Å². The maximum atomic E-state index is 9.60. The minimum Gasteiger partial charge on any atom is -0.462 e. The van der Waals surface area contributed by atoms with Gasteiger partial charge in [0.15, 0.2) is 0 Å². The van der Waals surface area contributed by atoms with Crippen molar-refractivity contribution >= 4 is 33.7 Å². The Morgan fingerprint density at radius 1 is 1.40 bits per heavy atom. The average molecular weight is 362 g/mol. The van der Waals surface area contributed by atoms with Crippen LogP contribution < -0.4 is 5.32 Å². The zero-order valence-corrected chi connectivity index (χ0v) is 15.1. The van der Waals surface area contributed by atoms with Crippen molar-refractivity contribution in [1.82, 2.24) is 5.32 Å². The summed E-state index contributed by atoms with van der Waals surface area (Å²) in [5, 5.41) is 3.40. The Kier molecular flexibility index (Phi) is 7.20. The molecular weight excluding hydrogens is 338 g/mol. The van der Waals surface area contributed by atoms with E-state index >= 15 is 0 Å². The van der Waals surface area contributed by atoms with Crippen LogP contribution in [0.3, 0.4) is 0 Å². The topological polar surface area (TPSA) is 38.3 Å². The first-order valence-electron chi connectivity index (χ1n) is 6.91. The van der Waals surface area contributed by atoms with Crippen LogP contribution >= 0.6 is 27.3 Å². The SMILES string of the molecule is CC(C)(C)OC=O.Cc1cc(Br)sc1C1CCNCC1. The van der Waals surface area contributed by atoms with E-state index in [-0.39, 0.29) is 5.60 Å². The highest BCUT2D eigenvalue weighted by Crippen LogP contribution is 2.36. The Morgan fingerprint density at radius 2 is 2.00 bits per heavy atom. The molecule has 2 heterocycles. The molecule has 1 aliphatic heterocycles. The fourth-order valence-corrected chi connectivity index (χ4v) is 4.02. The Balaban J connectivity index is 0.000000246. The Bertz CT molecular complexity index is 420. The van der Waals surface area contributed by atoms with E-state index in [2.05, 4.69) is 39.0 Å². The Morgan fingerprint density at radius 3 is 2.35 bits per heavy atom. The van der Waals surface area contributed by atoms with E-state index in [0.29, 0.717) is 6.47 Å². The molecule has 0 spiro atoms. The zero-order valence-electron chi connectivity index (χ0n) is 12.7. The molecule has 1 aromatic rings. The van der Waals surface area contributed by atoms with Crippen molar-refractivity contribution in [2.45, 2.75) is 52.1 Å². The van der Waals surface area contributed by atoms with Gasteiger partial charge in [-0.1, -0.05) is 0 Å². The van der Waals surface area contributed by atoms with Crippen LogP contribution in [0.4, 0.5) is 0 Å². The third-order valence-corrected chi connectivity index (χ3v) is 4.94. The summed E-state index contributed by atoms with van der Waals surface area (Å²) >= 11 is 5.46. The summed E-state index contributed by atoms with van der Waals surface area (Å²) in [7, 11) is 0. The molecule has 5 heteroatoms. The Hall–Kier alpha value is -0.390. The summed E-state index contributed by atoms with van der Waals surface area (Å²) < 4.78 is 5.83. The number of halogens is 1. The molecule has 0 atom stereocenters. The van der Waals surface area contributed by atoms with Gasteiger partial charge < -0.3 is 10.1 Å². The van der Waals surface area contributed by atoms with E-state index in [1.54, 1.807) is 4.88 Å². The van der Waals surface area contributed by atoms with Gasteiger partial charge in [-0.2, -0.15) is 0 Å². The molecule has 0 amide bonds. The summed E-state index contributed by atoms with van der Waals surface area (Å²) in [5.74, 6) is 0.803. The van der Waals surface area contributed by atoms with Crippen LogP contribution in [-0.4, -0.2) is 25.2 Å². The fraction of sp³-hybridized carbons (Fsp3) is 0.667. The monoisotopic (exact) mass is 361 g/mol. The number of rotatable bonds is 2. The number of carbonyl (C=O) groups is 1. The van der Waals surface area contributed by atoms with Gasteiger partial charge >= 0.3 is 0 Å². The molecule has 0 bridgehead atoms. The molecule has 2 rings (SSSR count). The molecule has 114 valence electrons. The molecule has 1 fully saturated rings. The van der Waals surface area contributed by atoms with Gasteiger partial charge in [0.2, 0.25) is 0 Å². The van der Waals surface area contributed by atoms with E-state index in [0.717, 1.165) is 5.92 Å². The molecule has 0 radical (unpaired) electrons. The number of ether oxygens (including phenoxy) is 1. The van der Waals surface area contributed by atoms with Gasteiger partial charge in [0.1, 0.15) is 5.60 Å². The first-order valence-corrected chi connectivity index (χ1v) is 8.52. The first-order chi connectivity index (χ1) is 9.33. The van der Waals surface area contributed by atoms with Gasteiger partial charge in [0.05, 0.1) is 3.79 Å². The van der Waals surface area contributed by atoms with Crippen LogP contribution in [-0.2, 0) is 9.53 Å². The average Bonchev–Trinajstić information content (AvgIpc) is 2.69. The normalized spacial score (nSPS) is 16.2. The van der Waals surface area contributed by atoms with Crippen LogP contribution in [0, 0.1) is 6.92 Å². The molecule has 20 heavy (non-hydrogen) atoms. The molecule has 0 unspecified atom stereocenters. The minimum atomic E-state index is -0.318. The maximum absolute atomic E-state index is 9.60. The summed E-state index contributed by atoms with van der Waals surface area (Å²) in [6, 6.07) is 2.24. The highest BCUT2D eigenvalue weighted by Gasteiger charge is 2.18. The lowest BCUT2D eigenvalue weighted by atomic mass is 9.94. The van der Waals surface area contributed by atoms with E-state index in [1.807, 2.05) is 32.1 Å². The van der Waals surface area contributed by atoms with Gasteiger partial charge in [-0.15, -0.1) is 11.3 Å². The number of carbonyl (C=O) groups excluding carboxylic acids is 1. The zero-order chi connectivity index (χ0) is 15.2. The number of hydrogen-bond acceptors (Lipinski definition) is 4. The standard InChI is InChI=1S/C10H14BrNS.C5H10O2/c1-7-6-9(11)13-10(7)8-2-4-12-5-3-8;1-5(2,3)7-4-6/h6,8,12H,2-5H2,1H3;4H,1-3H3. The van der Waals surface area contributed by atoms with Crippen LogP contribution in [0.1, 0.15) is 50.0 Å². The predicted octanol–water partition coefficient (Wildman–Crippen LogP) is 4.24. The highest BCUT2D eigenvalue weighted by atomic mass is 79.9. The predicted molar refractivity (Wildman–Crippen MR) is 88.5 cm³/mol. The Labute approximate surface area is 134 Å². The number of hydrogen-bond donors (Lipinski definition) is 1.